The van der Waals surface area contributed by atoms with Crippen LogP contribution in [-0.4, -0.2) is 49.7 Å². The number of benzene rings is 1. The smallest absolute Gasteiger partial charge is 0.338 e. The molecule has 0 aliphatic carbocycles. The van der Waals surface area contributed by atoms with E-state index in [9.17, 15) is 9.18 Å². The lowest BCUT2D eigenvalue weighted by Gasteiger charge is -2.38. The van der Waals surface area contributed by atoms with E-state index in [1.54, 1.807) is 41.2 Å². The molecule has 0 spiro atoms. The van der Waals surface area contributed by atoms with Gasteiger partial charge in [0.15, 0.2) is 5.82 Å². The Morgan fingerprint density at radius 3 is 2.68 bits per heavy atom. The molecule has 1 aliphatic rings. The summed E-state index contributed by atoms with van der Waals surface area (Å²) < 4.78 is 22.4. The molecule has 10 heteroatoms. The normalized spacial score (nSPS) is 18.3. The van der Waals surface area contributed by atoms with Crippen LogP contribution in [0.15, 0.2) is 55.2 Å². The largest absolute Gasteiger partial charge is 0.455 e. The van der Waals surface area contributed by atoms with E-state index in [0.29, 0.717) is 36.7 Å². The number of esters is 1. The third-order valence-electron chi connectivity index (χ3n) is 6.05. The van der Waals surface area contributed by atoms with Crippen molar-refractivity contribution in [2.45, 2.75) is 31.9 Å². The van der Waals surface area contributed by atoms with E-state index in [0.717, 1.165) is 12.0 Å². The zero-order chi connectivity index (χ0) is 23.7. The number of nitrogens with zero attached hydrogens (tertiary/aromatic N) is 6. The van der Waals surface area contributed by atoms with Crippen molar-refractivity contribution < 1.29 is 13.9 Å². The van der Waals surface area contributed by atoms with Crippen LogP contribution in [0.4, 0.5) is 10.3 Å². The monoisotopic (exact) mass is 480 g/mol. The molecular formula is C24H22ClFN6O2. The van der Waals surface area contributed by atoms with Crippen molar-refractivity contribution in [3.05, 3.63) is 77.3 Å². The molecule has 4 heterocycles. The first-order chi connectivity index (χ1) is 16.5. The van der Waals surface area contributed by atoms with Gasteiger partial charge in [-0.3, -0.25) is 0 Å². The summed E-state index contributed by atoms with van der Waals surface area (Å²) >= 11 is 6.13. The van der Waals surface area contributed by atoms with Crippen molar-refractivity contribution >= 4 is 34.6 Å². The first-order valence-electron chi connectivity index (χ1n) is 11.0. The van der Waals surface area contributed by atoms with E-state index in [1.165, 1.54) is 12.5 Å². The lowest BCUT2D eigenvalue weighted by atomic mass is 10.0. The summed E-state index contributed by atoms with van der Waals surface area (Å²) in [5, 5.41) is 0.194. The summed E-state index contributed by atoms with van der Waals surface area (Å²) in [4.78, 5) is 32.0. The molecule has 0 radical (unpaired) electrons. The third kappa shape index (κ3) is 4.19. The molecule has 1 aromatic carbocycles. The summed E-state index contributed by atoms with van der Waals surface area (Å²) in [5.74, 6) is -0.413. The zero-order valence-electron chi connectivity index (χ0n) is 18.4. The molecule has 8 nitrogen and oxygen atoms in total. The number of piperidine rings is 1. The molecule has 5 rings (SSSR count). The van der Waals surface area contributed by atoms with Crippen LogP contribution < -0.4 is 4.90 Å². The van der Waals surface area contributed by atoms with Crippen LogP contribution in [0.1, 0.15) is 35.3 Å². The Balaban J connectivity index is 1.49. The third-order valence-corrected chi connectivity index (χ3v) is 6.34. The summed E-state index contributed by atoms with van der Waals surface area (Å²) in [6.45, 7) is 2.98. The highest BCUT2D eigenvalue weighted by atomic mass is 35.5. The maximum Gasteiger partial charge on any atom is 0.338 e. The predicted molar refractivity (Wildman–Crippen MR) is 125 cm³/mol. The Kier molecular flexibility index (Phi) is 6.10. The molecule has 2 atom stereocenters. The molecule has 174 valence electrons. The SMILES string of the molecule is CCc1cnc(N2CC[C@@H](n3cc(F)c4c(Cl)ncnc43)[C@H](OC(=O)c3ccccc3)C2)nc1. The molecule has 0 bridgehead atoms. The minimum absolute atomic E-state index is 0.0425. The van der Waals surface area contributed by atoms with Crippen LogP contribution >= 0.6 is 11.6 Å². The second-order valence-corrected chi connectivity index (χ2v) is 8.46. The van der Waals surface area contributed by atoms with Crippen molar-refractivity contribution in [3.8, 4) is 0 Å². The molecule has 0 amide bonds. The maximum absolute atomic E-state index is 14.8. The van der Waals surface area contributed by atoms with E-state index >= 15 is 0 Å². The van der Waals surface area contributed by atoms with Gasteiger partial charge < -0.3 is 14.2 Å². The first kappa shape index (κ1) is 22.2. The van der Waals surface area contributed by atoms with Gasteiger partial charge in [0.2, 0.25) is 5.95 Å². The van der Waals surface area contributed by atoms with Crippen LogP contribution in [0.5, 0.6) is 0 Å². The van der Waals surface area contributed by atoms with Gasteiger partial charge in [-0.05, 0) is 30.5 Å². The topological polar surface area (TPSA) is 86.0 Å². The number of carbonyl (C=O) groups excluding carboxylic acids is 1. The highest BCUT2D eigenvalue weighted by molar-refractivity contribution is 6.34. The highest BCUT2D eigenvalue weighted by Gasteiger charge is 2.36. The van der Waals surface area contributed by atoms with Gasteiger partial charge in [0.25, 0.3) is 0 Å². The number of rotatable bonds is 5. The number of carbonyl (C=O) groups is 1. The molecule has 0 saturated carbocycles. The number of fused-ring (bicyclic) bond motifs is 1. The van der Waals surface area contributed by atoms with Gasteiger partial charge in [-0.2, -0.15) is 0 Å². The lowest BCUT2D eigenvalue weighted by Crippen LogP contribution is -2.47. The fourth-order valence-electron chi connectivity index (χ4n) is 4.25. The van der Waals surface area contributed by atoms with Crippen LogP contribution in [0.25, 0.3) is 11.0 Å². The number of anilines is 1. The summed E-state index contributed by atoms with van der Waals surface area (Å²) in [6, 6.07) is 8.41. The zero-order valence-corrected chi connectivity index (χ0v) is 19.2. The molecule has 4 aromatic rings. The van der Waals surface area contributed by atoms with Crippen molar-refractivity contribution in [1.82, 2.24) is 24.5 Å². The predicted octanol–water partition coefficient (Wildman–Crippen LogP) is 4.25. The first-order valence-corrected chi connectivity index (χ1v) is 11.4. The Labute approximate surface area is 200 Å². The van der Waals surface area contributed by atoms with E-state index in [-0.39, 0.29) is 16.6 Å². The van der Waals surface area contributed by atoms with Gasteiger partial charge in [0, 0.05) is 25.1 Å². The van der Waals surface area contributed by atoms with Gasteiger partial charge in [-0.25, -0.2) is 29.1 Å². The summed E-state index contributed by atoms with van der Waals surface area (Å²) in [5.41, 5.74) is 1.84. The van der Waals surface area contributed by atoms with Gasteiger partial charge in [-0.15, -0.1) is 0 Å². The molecule has 1 fully saturated rings. The van der Waals surface area contributed by atoms with Crippen molar-refractivity contribution in [2.75, 3.05) is 18.0 Å². The molecule has 3 aromatic heterocycles. The maximum atomic E-state index is 14.8. The van der Waals surface area contributed by atoms with Crippen LogP contribution in [0.2, 0.25) is 5.15 Å². The average Bonchev–Trinajstić information content (AvgIpc) is 3.22. The summed E-state index contributed by atoms with van der Waals surface area (Å²) in [6.07, 6.45) is 7.03. The highest BCUT2D eigenvalue weighted by Crippen LogP contribution is 2.33. The number of aromatic nitrogens is 5. The van der Waals surface area contributed by atoms with E-state index in [2.05, 4.69) is 19.9 Å². The quantitative estimate of drug-likeness (QED) is 0.311. The van der Waals surface area contributed by atoms with Gasteiger partial charge in [-0.1, -0.05) is 36.7 Å². The number of ether oxygens (including phenoxy) is 1. The number of hydrogen-bond donors (Lipinski definition) is 0. The van der Waals surface area contributed by atoms with Gasteiger partial charge in [0.05, 0.1) is 23.5 Å². The van der Waals surface area contributed by atoms with E-state index in [1.807, 2.05) is 17.9 Å². The van der Waals surface area contributed by atoms with Crippen molar-refractivity contribution in [1.29, 1.82) is 0 Å². The number of halogens is 2. The molecule has 34 heavy (non-hydrogen) atoms. The van der Waals surface area contributed by atoms with Crippen molar-refractivity contribution in [2.24, 2.45) is 0 Å². The molecule has 1 aliphatic heterocycles. The van der Waals surface area contributed by atoms with Crippen LogP contribution in [-0.2, 0) is 11.2 Å². The Hall–Kier alpha value is -3.59. The van der Waals surface area contributed by atoms with Crippen LogP contribution in [0.3, 0.4) is 0 Å². The second-order valence-electron chi connectivity index (χ2n) is 8.10. The molecule has 1 saturated heterocycles. The van der Waals surface area contributed by atoms with Gasteiger partial charge >= 0.3 is 5.97 Å². The fraction of sp³-hybridized carbons (Fsp3) is 0.292. The molecule has 0 unspecified atom stereocenters. The van der Waals surface area contributed by atoms with E-state index < -0.39 is 17.9 Å². The Morgan fingerprint density at radius 2 is 1.94 bits per heavy atom. The lowest BCUT2D eigenvalue weighted by molar-refractivity contribution is 0.0129. The van der Waals surface area contributed by atoms with Crippen LogP contribution in [0, 0.1) is 5.82 Å². The number of hydrogen-bond acceptors (Lipinski definition) is 7. The summed E-state index contributed by atoms with van der Waals surface area (Å²) in [7, 11) is 0. The Morgan fingerprint density at radius 1 is 1.18 bits per heavy atom. The standard InChI is InChI=1S/C24H22ClFN6O2/c1-2-15-10-27-24(28-11-15)31-9-8-18(19(13-31)34-23(33)16-6-4-3-5-7-16)32-12-17(26)20-21(25)29-14-30-22(20)32/h3-7,10-12,14,18-19H,2,8-9,13H2,1H3/t18-,19-/m1/s1. The van der Waals surface area contributed by atoms with Gasteiger partial charge in [0.1, 0.15) is 23.2 Å². The minimum Gasteiger partial charge on any atom is -0.455 e. The van der Waals surface area contributed by atoms with Crippen molar-refractivity contribution in [3.63, 3.8) is 0 Å². The molecular weight excluding hydrogens is 459 g/mol. The molecule has 0 N–H and O–H groups in total. The number of aryl methyl sites for hydroxylation is 1. The minimum atomic E-state index is -0.611. The fourth-order valence-corrected chi connectivity index (χ4v) is 4.47. The van der Waals surface area contributed by atoms with E-state index in [4.69, 9.17) is 16.3 Å². The average molecular weight is 481 g/mol. The Bertz CT molecular complexity index is 1310. The second kappa shape index (κ2) is 9.34.